The maximum absolute atomic E-state index is 11.8. The molecule has 10 heteroatoms. The van der Waals surface area contributed by atoms with Gasteiger partial charge in [0.25, 0.3) is 0 Å². The summed E-state index contributed by atoms with van der Waals surface area (Å²) >= 11 is 1.44. The van der Waals surface area contributed by atoms with Gasteiger partial charge in [-0.2, -0.15) is 5.10 Å². The predicted molar refractivity (Wildman–Crippen MR) is 152 cm³/mol. The first kappa shape index (κ1) is 23.8. The molecule has 39 heavy (non-hydrogen) atoms. The van der Waals surface area contributed by atoms with E-state index in [0.29, 0.717) is 16.4 Å². The highest BCUT2D eigenvalue weighted by Crippen LogP contribution is 2.34. The Hall–Kier alpha value is -4.28. The van der Waals surface area contributed by atoms with Crippen molar-refractivity contribution in [3.05, 3.63) is 65.6 Å². The zero-order chi connectivity index (χ0) is 26.3. The molecule has 2 N–H and O–H groups in total. The number of aromatic amines is 2. The third-order valence-electron chi connectivity index (χ3n) is 7.19. The molecule has 6 aromatic heterocycles. The monoisotopic (exact) mass is 534 g/mol. The van der Waals surface area contributed by atoms with E-state index in [0.717, 1.165) is 63.4 Å². The lowest BCUT2D eigenvalue weighted by Gasteiger charge is -2.26. The van der Waals surface area contributed by atoms with Crippen LogP contribution in [0.1, 0.15) is 41.4 Å². The molecular weight excluding hydrogens is 508 g/mol. The van der Waals surface area contributed by atoms with Gasteiger partial charge >= 0.3 is 0 Å². The van der Waals surface area contributed by atoms with E-state index in [1.54, 1.807) is 19.3 Å². The van der Waals surface area contributed by atoms with E-state index in [4.69, 9.17) is 9.97 Å². The molecule has 0 saturated carbocycles. The second kappa shape index (κ2) is 9.79. The number of thiophene rings is 1. The Morgan fingerprint density at radius 2 is 1.82 bits per heavy atom. The lowest BCUT2D eigenvalue weighted by Crippen LogP contribution is -2.29. The van der Waals surface area contributed by atoms with Gasteiger partial charge in [-0.1, -0.05) is 6.42 Å². The van der Waals surface area contributed by atoms with Crippen LogP contribution >= 0.6 is 11.3 Å². The molecule has 194 valence electrons. The number of piperidine rings is 1. The van der Waals surface area contributed by atoms with E-state index in [1.807, 2.05) is 36.7 Å². The maximum atomic E-state index is 11.8. The molecule has 0 radical (unpaired) electrons. The highest BCUT2D eigenvalue weighted by atomic mass is 32.1. The first-order chi connectivity index (χ1) is 19.1. The molecule has 7 heterocycles. The molecule has 6 aromatic rings. The number of aromatic nitrogens is 7. The summed E-state index contributed by atoms with van der Waals surface area (Å²) in [6.07, 6.45) is 11.2. The fourth-order valence-electron chi connectivity index (χ4n) is 5.21. The smallest absolute Gasteiger partial charge is 0.169 e. The minimum Gasteiger partial charge on any atom is -0.335 e. The van der Waals surface area contributed by atoms with Crippen LogP contribution in [0.25, 0.3) is 55.3 Å². The second-order valence-corrected chi connectivity index (χ2v) is 11.1. The average Bonchev–Trinajstić information content (AvgIpc) is 3.71. The molecule has 1 fully saturated rings. The Morgan fingerprint density at radius 3 is 2.67 bits per heavy atom. The molecule has 0 bridgehead atoms. The molecular formula is C29H26N8OS. The van der Waals surface area contributed by atoms with Gasteiger partial charge in [0.1, 0.15) is 11.0 Å². The number of ketones is 1. The lowest BCUT2D eigenvalue weighted by atomic mass is 10.1. The number of pyridine rings is 3. The number of likely N-dealkylation sites (tertiary alicyclic amines) is 1. The molecule has 0 atom stereocenters. The quantitative estimate of drug-likeness (QED) is 0.257. The van der Waals surface area contributed by atoms with E-state index in [9.17, 15) is 4.79 Å². The Balaban J connectivity index is 1.25. The van der Waals surface area contributed by atoms with Crippen molar-refractivity contribution in [2.45, 2.75) is 32.7 Å². The second-order valence-electron chi connectivity index (χ2n) is 9.97. The van der Waals surface area contributed by atoms with Crippen molar-refractivity contribution < 1.29 is 4.79 Å². The first-order valence-electron chi connectivity index (χ1n) is 13.1. The van der Waals surface area contributed by atoms with Crippen molar-refractivity contribution in [1.82, 2.24) is 40.0 Å². The number of carbonyl (C=O) groups excluding carboxylic acids is 1. The van der Waals surface area contributed by atoms with E-state index in [2.05, 4.69) is 36.1 Å². The number of nitrogens with zero attached hydrogens (tertiary/aromatic N) is 6. The predicted octanol–water partition coefficient (Wildman–Crippen LogP) is 5.88. The number of imidazole rings is 1. The molecule has 0 aromatic carbocycles. The van der Waals surface area contributed by atoms with Gasteiger partial charge in [-0.25, -0.2) is 9.97 Å². The number of hydrogen-bond donors (Lipinski definition) is 2. The van der Waals surface area contributed by atoms with Crippen molar-refractivity contribution in [2.75, 3.05) is 13.1 Å². The first-order valence-corrected chi connectivity index (χ1v) is 13.9. The molecule has 0 amide bonds. The normalized spacial score (nSPS) is 14.4. The summed E-state index contributed by atoms with van der Waals surface area (Å²) in [5.74, 6) is 0.654. The van der Waals surface area contributed by atoms with Gasteiger partial charge in [0.15, 0.2) is 17.3 Å². The Morgan fingerprint density at radius 1 is 0.949 bits per heavy atom. The number of nitrogens with one attached hydrogen (secondary N) is 2. The van der Waals surface area contributed by atoms with E-state index < -0.39 is 0 Å². The fourth-order valence-corrected chi connectivity index (χ4v) is 6.12. The molecule has 1 saturated heterocycles. The van der Waals surface area contributed by atoms with Crippen LogP contribution < -0.4 is 0 Å². The largest absolute Gasteiger partial charge is 0.335 e. The van der Waals surface area contributed by atoms with E-state index >= 15 is 0 Å². The van der Waals surface area contributed by atoms with E-state index in [-0.39, 0.29) is 5.78 Å². The van der Waals surface area contributed by atoms with Gasteiger partial charge < -0.3 is 4.98 Å². The van der Waals surface area contributed by atoms with Gasteiger partial charge in [-0.3, -0.25) is 24.8 Å². The third-order valence-corrected chi connectivity index (χ3v) is 8.41. The molecule has 9 nitrogen and oxygen atoms in total. The van der Waals surface area contributed by atoms with Crippen LogP contribution in [0.15, 0.2) is 55.1 Å². The summed E-state index contributed by atoms with van der Waals surface area (Å²) in [5.41, 5.74) is 7.66. The van der Waals surface area contributed by atoms with Crippen LogP contribution in [0, 0.1) is 0 Å². The molecule has 1 aliphatic heterocycles. The van der Waals surface area contributed by atoms with Gasteiger partial charge in [0.2, 0.25) is 0 Å². The number of carbonyl (C=O) groups is 1. The summed E-state index contributed by atoms with van der Waals surface area (Å²) < 4.78 is 0. The standard InChI is InChI=1S/C29H26N8OS/c1-17(38)24-7-8-25(39-24)20-14-31-15-23-26(20)34-29(33-23)28-27-22(35-36-28)6-5-21(32-27)19-11-18(12-30-13-19)16-37-9-3-2-4-10-37/h5-8,11-15H,2-4,9-10,16H2,1H3,(H,33,34)(H,35,36). The fraction of sp³-hybridized carbons (Fsp3) is 0.241. The van der Waals surface area contributed by atoms with Crippen LogP contribution in [-0.4, -0.2) is 58.9 Å². The van der Waals surface area contributed by atoms with E-state index in [1.165, 1.54) is 36.2 Å². The molecule has 0 aliphatic carbocycles. The number of fused-ring (bicyclic) bond motifs is 2. The van der Waals surface area contributed by atoms with Crippen molar-refractivity contribution in [1.29, 1.82) is 0 Å². The number of hydrogen-bond acceptors (Lipinski definition) is 8. The van der Waals surface area contributed by atoms with Gasteiger partial charge in [0, 0.05) is 41.1 Å². The van der Waals surface area contributed by atoms with Crippen LogP contribution in [0.2, 0.25) is 0 Å². The Labute approximate surface area is 228 Å². The van der Waals surface area contributed by atoms with Crippen molar-refractivity contribution in [3.63, 3.8) is 0 Å². The number of H-pyrrole nitrogens is 2. The molecule has 0 unspecified atom stereocenters. The zero-order valence-electron chi connectivity index (χ0n) is 21.4. The summed E-state index contributed by atoms with van der Waals surface area (Å²) in [7, 11) is 0. The van der Waals surface area contributed by atoms with Crippen LogP contribution in [0.3, 0.4) is 0 Å². The van der Waals surface area contributed by atoms with Crippen molar-refractivity contribution in [3.8, 4) is 33.2 Å². The topological polar surface area (TPSA) is 116 Å². The highest BCUT2D eigenvalue weighted by molar-refractivity contribution is 7.17. The average molecular weight is 535 g/mol. The summed E-state index contributed by atoms with van der Waals surface area (Å²) in [4.78, 5) is 38.2. The summed E-state index contributed by atoms with van der Waals surface area (Å²) in [6, 6.07) is 9.96. The maximum Gasteiger partial charge on any atom is 0.169 e. The zero-order valence-corrected chi connectivity index (χ0v) is 22.3. The number of Topliss-reactive ketones (excluding diaryl/α,β-unsaturated/α-hetero) is 1. The van der Waals surface area contributed by atoms with Crippen molar-refractivity contribution >= 4 is 39.2 Å². The molecule has 1 aliphatic rings. The van der Waals surface area contributed by atoms with Crippen molar-refractivity contribution in [2.24, 2.45) is 0 Å². The minimum atomic E-state index is 0.0474. The molecule has 7 rings (SSSR count). The lowest BCUT2D eigenvalue weighted by molar-refractivity contribution is 0.102. The van der Waals surface area contributed by atoms with Crippen LogP contribution in [0.4, 0.5) is 0 Å². The SMILES string of the molecule is CC(=O)c1ccc(-c2cncc3[nH]c(-c4n[nH]c5ccc(-c6cncc(CN7CCCCC7)c6)nc45)nc23)s1. The van der Waals surface area contributed by atoms with Gasteiger partial charge in [-0.05, 0) is 68.8 Å². The highest BCUT2D eigenvalue weighted by Gasteiger charge is 2.18. The molecule has 0 spiro atoms. The Bertz CT molecular complexity index is 1830. The van der Waals surface area contributed by atoms with Gasteiger partial charge in [-0.15, -0.1) is 11.3 Å². The Kier molecular flexibility index (Phi) is 5.98. The third kappa shape index (κ3) is 4.51. The van der Waals surface area contributed by atoms with Crippen LogP contribution in [0.5, 0.6) is 0 Å². The minimum absolute atomic E-state index is 0.0474. The van der Waals surface area contributed by atoms with Crippen LogP contribution in [-0.2, 0) is 6.54 Å². The van der Waals surface area contributed by atoms with Gasteiger partial charge in [0.05, 0.1) is 27.8 Å². The summed E-state index contributed by atoms with van der Waals surface area (Å²) in [5, 5.41) is 7.65. The summed E-state index contributed by atoms with van der Waals surface area (Å²) in [6.45, 7) is 4.78. The number of rotatable bonds is 6.